The van der Waals surface area contributed by atoms with Crippen LogP contribution in [-0.4, -0.2) is 33.3 Å². The number of nitrogens with one attached hydrogen (secondary N) is 1. The van der Waals surface area contributed by atoms with Gasteiger partial charge in [-0.1, -0.05) is 74.1 Å². The quantitative estimate of drug-likeness (QED) is 0.168. The van der Waals surface area contributed by atoms with Crippen LogP contribution in [0.15, 0.2) is 77.8 Å². The number of rotatable bonds is 18. The first-order valence-electron chi connectivity index (χ1n) is 14.0. The summed E-state index contributed by atoms with van der Waals surface area (Å²) in [6.07, 6.45) is 33.5. The molecule has 1 aliphatic heterocycles. The van der Waals surface area contributed by atoms with E-state index in [9.17, 15) is 14.7 Å². The molecule has 1 aliphatic rings. The third-order valence-electron chi connectivity index (χ3n) is 6.13. The second-order valence-electron chi connectivity index (χ2n) is 9.33. The summed E-state index contributed by atoms with van der Waals surface area (Å²) in [7, 11) is 0. The molecule has 2 heterocycles. The van der Waals surface area contributed by atoms with Gasteiger partial charge in [0.15, 0.2) is 0 Å². The maximum atomic E-state index is 12.3. The van der Waals surface area contributed by atoms with Crippen LogP contribution in [0.25, 0.3) is 0 Å². The zero-order valence-electron chi connectivity index (χ0n) is 22.8. The van der Waals surface area contributed by atoms with Gasteiger partial charge in [0.25, 0.3) is 0 Å². The van der Waals surface area contributed by atoms with E-state index in [2.05, 4.69) is 78.0 Å². The Bertz CT molecular complexity index is 1010. The Morgan fingerprint density at radius 2 is 1.61 bits per heavy atom. The van der Waals surface area contributed by atoms with Crippen molar-refractivity contribution >= 4 is 11.7 Å². The minimum atomic E-state index is -0.469. The lowest BCUT2D eigenvalue weighted by atomic mass is 10.1. The highest BCUT2D eigenvalue weighted by molar-refractivity contribution is 5.89. The van der Waals surface area contributed by atoms with E-state index in [1.54, 1.807) is 12.3 Å². The smallest absolute Gasteiger partial charge is 0.351 e. The van der Waals surface area contributed by atoms with Gasteiger partial charge in [-0.3, -0.25) is 9.36 Å². The number of aromatic nitrogens is 2. The van der Waals surface area contributed by atoms with Crippen LogP contribution in [0, 0.1) is 0 Å². The van der Waals surface area contributed by atoms with Crippen molar-refractivity contribution in [3.8, 4) is 0 Å². The SMILES string of the molecule is CCC=CCC=CCC=CCC=CCC=CCCCCCC(=O)Nc1ccn(C2CC[C@@H](CO)O2)c(=O)n1. The van der Waals surface area contributed by atoms with Gasteiger partial charge in [-0.15, -0.1) is 0 Å². The number of allylic oxidation sites excluding steroid dienone is 10. The normalized spacial score (nSPS) is 18.3. The van der Waals surface area contributed by atoms with E-state index in [-0.39, 0.29) is 24.4 Å². The van der Waals surface area contributed by atoms with Gasteiger partial charge in [-0.05, 0) is 70.3 Å². The third-order valence-corrected chi connectivity index (χ3v) is 6.13. The van der Waals surface area contributed by atoms with Gasteiger partial charge in [-0.25, -0.2) is 4.79 Å². The molecule has 0 bridgehead atoms. The van der Waals surface area contributed by atoms with Gasteiger partial charge in [0, 0.05) is 12.6 Å². The van der Waals surface area contributed by atoms with Crippen LogP contribution in [0.1, 0.15) is 90.2 Å². The average molecular weight is 524 g/mol. The van der Waals surface area contributed by atoms with Crippen molar-refractivity contribution < 1.29 is 14.6 Å². The van der Waals surface area contributed by atoms with Crippen LogP contribution in [-0.2, 0) is 9.53 Å². The zero-order chi connectivity index (χ0) is 27.3. The molecule has 1 fully saturated rings. The predicted molar refractivity (Wildman–Crippen MR) is 155 cm³/mol. The zero-order valence-corrected chi connectivity index (χ0v) is 22.8. The van der Waals surface area contributed by atoms with Gasteiger partial charge < -0.3 is 15.2 Å². The first-order chi connectivity index (χ1) is 18.6. The molecule has 1 amide bonds. The van der Waals surface area contributed by atoms with Crippen molar-refractivity contribution in [2.75, 3.05) is 11.9 Å². The molecule has 38 heavy (non-hydrogen) atoms. The molecule has 1 aromatic rings. The number of aliphatic hydroxyl groups is 1. The summed E-state index contributed by atoms with van der Waals surface area (Å²) in [5.74, 6) is 0.119. The summed E-state index contributed by atoms with van der Waals surface area (Å²) in [6, 6.07) is 1.61. The third kappa shape index (κ3) is 13.5. The fraction of sp³-hybridized carbons (Fsp3) is 0.516. The van der Waals surface area contributed by atoms with Crippen molar-refractivity contribution in [1.82, 2.24) is 9.55 Å². The van der Waals surface area contributed by atoms with Crippen LogP contribution in [0.5, 0.6) is 0 Å². The number of carbonyl (C=O) groups is 1. The van der Waals surface area contributed by atoms with E-state index >= 15 is 0 Å². The lowest BCUT2D eigenvalue weighted by molar-refractivity contribution is -0.116. The summed E-state index contributed by atoms with van der Waals surface area (Å²) >= 11 is 0. The molecule has 1 saturated heterocycles. The van der Waals surface area contributed by atoms with E-state index in [1.165, 1.54) is 4.57 Å². The number of anilines is 1. The number of amides is 1. The van der Waals surface area contributed by atoms with E-state index in [0.717, 1.165) is 57.8 Å². The lowest BCUT2D eigenvalue weighted by Crippen LogP contribution is -2.28. The molecule has 0 aliphatic carbocycles. The molecule has 1 aromatic heterocycles. The highest BCUT2D eigenvalue weighted by Crippen LogP contribution is 2.26. The number of hydrogen-bond acceptors (Lipinski definition) is 5. The molecule has 208 valence electrons. The molecule has 0 saturated carbocycles. The standard InChI is InChI=1S/C31H45N3O4/c1-2-3-4-5-6-7-8-9-10-11-12-13-14-15-16-17-18-19-20-21-29(36)32-28-24-25-34(31(37)33-28)30-23-22-27(26-35)38-30/h3-4,6-7,9-10,12-13,15-16,24-25,27,30,35H,2,5,8,11,14,17-23,26H2,1H3,(H,32,33,36,37)/t27-,30?/m0/s1. The number of nitrogens with zero attached hydrogens (tertiary/aromatic N) is 2. The van der Waals surface area contributed by atoms with Gasteiger partial charge in [0.1, 0.15) is 12.0 Å². The van der Waals surface area contributed by atoms with Crippen molar-refractivity contribution in [3.63, 3.8) is 0 Å². The molecular weight excluding hydrogens is 478 g/mol. The Hall–Kier alpha value is -3.03. The van der Waals surface area contributed by atoms with Crippen molar-refractivity contribution in [2.45, 2.75) is 96.3 Å². The van der Waals surface area contributed by atoms with E-state index < -0.39 is 11.9 Å². The molecule has 0 aromatic carbocycles. The minimum Gasteiger partial charge on any atom is -0.394 e. The van der Waals surface area contributed by atoms with Gasteiger partial charge in [0.05, 0.1) is 12.7 Å². The highest BCUT2D eigenvalue weighted by Gasteiger charge is 2.26. The predicted octanol–water partition coefficient (Wildman–Crippen LogP) is 6.55. The van der Waals surface area contributed by atoms with Crippen LogP contribution < -0.4 is 11.0 Å². The van der Waals surface area contributed by atoms with Crippen LogP contribution in [0.4, 0.5) is 5.82 Å². The summed E-state index contributed by atoms with van der Waals surface area (Å²) in [6.45, 7) is 2.09. The van der Waals surface area contributed by atoms with Gasteiger partial charge >= 0.3 is 5.69 Å². The summed E-state index contributed by atoms with van der Waals surface area (Å²) in [5.41, 5.74) is -0.469. The van der Waals surface area contributed by atoms with Gasteiger partial charge in [-0.2, -0.15) is 4.98 Å². The Balaban J connectivity index is 1.49. The summed E-state index contributed by atoms with van der Waals surface area (Å²) < 4.78 is 7.02. The molecule has 2 atom stereocenters. The molecule has 0 spiro atoms. The molecule has 0 radical (unpaired) electrons. The Morgan fingerprint density at radius 3 is 2.18 bits per heavy atom. The first kappa shape index (κ1) is 31.2. The summed E-state index contributed by atoms with van der Waals surface area (Å²) in [4.78, 5) is 28.4. The van der Waals surface area contributed by atoms with Gasteiger partial charge in [0.2, 0.25) is 5.91 Å². The van der Waals surface area contributed by atoms with E-state index in [4.69, 9.17) is 4.74 Å². The molecule has 2 N–H and O–H groups in total. The first-order valence-corrected chi connectivity index (χ1v) is 14.0. The van der Waals surface area contributed by atoms with Crippen LogP contribution in [0.3, 0.4) is 0 Å². The highest BCUT2D eigenvalue weighted by atomic mass is 16.5. The van der Waals surface area contributed by atoms with Crippen molar-refractivity contribution in [3.05, 3.63) is 83.5 Å². The fourth-order valence-corrected chi connectivity index (χ4v) is 4.03. The molecular formula is C31H45N3O4. The Labute approximate surface area is 227 Å². The second kappa shape index (κ2) is 20.0. The van der Waals surface area contributed by atoms with E-state index in [1.807, 2.05) is 0 Å². The number of unbranched alkanes of at least 4 members (excludes halogenated alkanes) is 3. The molecule has 7 heteroatoms. The summed E-state index contributed by atoms with van der Waals surface area (Å²) in [5, 5.41) is 11.9. The van der Waals surface area contributed by atoms with Crippen molar-refractivity contribution in [1.29, 1.82) is 0 Å². The number of carbonyl (C=O) groups excluding carboxylic acids is 1. The topological polar surface area (TPSA) is 93.5 Å². The van der Waals surface area contributed by atoms with Crippen molar-refractivity contribution in [2.24, 2.45) is 0 Å². The molecule has 1 unspecified atom stereocenters. The largest absolute Gasteiger partial charge is 0.394 e. The maximum Gasteiger partial charge on any atom is 0.351 e. The Kier molecular flexibility index (Phi) is 16.4. The van der Waals surface area contributed by atoms with Crippen LogP contribution in [0.2, 0.25) is 0 Å². The number of aliphatic hydroxyl groups excluding tert-OH is 1. The van der Waals surface area contributed by atoms with Crippen LogP contribution >= 0.6 is 0 Å². The molecule has 2 rings (SSSR count). The number of ether oxygens (including phenoxy) is 1. The fourth-order valence-electron chi connectivity index (χ4n) is 4.03. The molecule has 7 nitrogen and oxygen atoms in total. The monoisotopic (exact) mass is 523 g/mol. The average Bonchev–Trinajstić information content (AvgIpc) is 3.39. The number of hydrogen-bond donors (Lipinski definition) is 2. The minimum absolute atomic E-state index is 0.0604. The lowest BCUT2D eigenvalue weighted by Gasteiger charge is -2.15. The van der Waals surface area contributed by atoms with E-state index in [0.29, 0.717) is 19.3 Å². The second-order valence-corrected chi connectivity index (χ2v) is 9.33. The maximum absolute atomic E-state index is 12.3. The Morgan fingerprint density at radius 1 is 0.974 bits per heavy atom.